The Morgan fingerprint density at radius 2 is 1.20 bits per heavy atom. The fourth-order valence-corrected chi connectivity index (χ4v) is 5.52. The fourth-order valence-electron chi connectivity index (χ4n) is 5.52. The summed E-state index contributed by atoms with van der Waals surface area (Å²) in [5, 5.41) is 0. The molecule has 0 aliphatic carbocycles. The van der Waals surface area contributed by atoms with Gasteiger partial charge in [0.25, 0.3) is 0 Å². The molecule has 0 spiro atoms. The van der Waals surface area contributed by atoms with Crippen LogP contribution in [0, 0.1) is 21.7 Å². The molecular weight excluding hydrogens is 764 g/mol. The first-order chi connectivity index (χ1) is 29.4. The first-order valence-corrected chi connectivity index (χ1v) is 19.0. The lowest BCUT2D eigenvalue weighted by atomic mass is 9.86. The molecule has 326 valence electrons. The Morgan fingerprint density at radius 1 is 0.695 bits per heavy atom. The number of carbonyl (C=O) groups is 6. The van der Waals surface area contributed by atoms with Crippen LogP contribution >= 0.6 is 0 Å². The van der Waals surface area contributed by atoms with Crippen LogP contribution in [0.1, 0.15) is 129 Å². The Hall–Kier alpha value is -4.98. The lowest BCUT2D eigenvalue weighted by Gasteiger charge is -2.46. The first-order valence-electron chi connectivity index (χ1n) is 21.8. The molecule has 6 atom stereocenters. The lowest BCUT2D eigenvalue weighted by Crippen LogP contribution is -2.61. The van der Waals surface area contributed by atoms with Crippen LogP contribution in [0.2, 0.25) is 0 Å². The van der Waals surface area contributed by atoms with E-state index in [4.69, 9.17) is 43.4 Å². The highest BCUT2D eigenvalue weighted by molar-refractivity contribution is 6.03. The smallest absolute Gasteiger partial charge is 0.343 e. The molecule has 1 aliphatic rings. The molecule has 1 aliphatic heterocycles. The van der Waals surface area contributed by atoms with Gasteiger partial charge in [0.1, 0.15) is 30.3 Å². The zero-order chi connectivity index (χ0) is 47.7. The summed E-state index contributed by atoms with van der Waals surface area (Å²) in [6.45, 7) is 10.3. The highest BCUT2D eigenvalue weighted by Gasteiger charge is 2.55. The summed E-state index contributed by atoms with van der Waals surface area (Å²) >= 11 is 0. The number of rotatable bonds is 13. The molecule has 3 rings (SSSR count). The average molecular weight is 831 g/mol. The molecule has 0 N–H and O–H groups in total. The van der Waals surface area contributed by atoms with E-state index in [1.54, 1.807) is 37.3 Å². The van der Waals surface area contributed by atoms with Gasteiger partial charge in [-0.05, 0) is 94.6 Å². The second-order valence-corrected chi connectivity index (χ2v) is 17.3. The molecule has 0 saturated carbocycles. The van der Waals surface area contributed by atoms with E-state index in [0.29, 0.717) is 5.56 Å². The molecule has 0 bridgehead atoms. The van der Waals surface area contributed by atoms with Crippen molar-refractivity contribution in [1.29, 1.82) is 0 Å². The van der Waals surface area contributed by atoms with E-state index in [-0.39, 0.29) is 29.5 Å². The number of methoxy groups -OCH3 is 2. The van der Waals surface area contributed by atoms with Crippen molar-refractivity contribution in [3.8, 4) is 11.5 Å². The van der Waals surface area contributed by atoms with Crippen molar-refractivity contribution in [3.05, 3.63) is 59.2 Å². The molecule has 2 aromatic rings. The summed E-state index contributed by atoms with van der Waals surface area (Å²) in [6.07, 6.45) is -8.44. The number of benzene rings is 2. The zero-order valence-electron chi connectivity index (χ0n) is 40.0. The van der Waals surface area contributed by atoms with Gasteiger partial charge in [-0.2, -0.15) is 0 Å². The van der Waals surface area contributed by atoms with E-state index >= 15 is 0 Å². The van der Waals surface area contributed by atoms with Crippen LogP contribution in [0.5, 0.6) is 11.5 Å². The third-order valence-electron chi connectivity index (χ3n) is 9.12. The minimum atomic E-state index is -1.80. The molecule has 0 aromatic heterocycles. The third-order valence-corrected chi connectivity index (χ3v) is 9.12. The van der Waals surface area contributed by atoms with Gasteiger partial charge in [0.15, 0.2) is 30.7 Å². The standard InChI is InChI=1S/C45H62O14/c1-25(26-19-17-16-18-20-26)33(47)27-21-28(29(52-14)22-30(27)54-24-32(46)53-15)34-36(58-40(50)44(8,9)10)37(59-41(51)45(11,12)13)35(57-39(49)43(5,6)7)31(56-34)23-55-38(48)42(2,3)4/h16-22,25,31,34-37H,23-24H2,1-15H3/t25?,31-,34?,35-,36+,37+/m1/s1/i2D,5D,8D,11D. The molecule has 1 fully saturated rings. The minimum Gasteiger partial charge on any atom is -0.496 e. The fraction of sp³-hybridized carbons (Fsp3) is 0.600. The largest absolute Gasteiger partial charge is 0.496 e. The van der Waals surface area contributed by atoms with E-state index in [1.165, 1.54) is 74.6 Å². The number of carbonyl (C=O) groups excluding carboxylic acids is 6. The second kappa shape index (κ2) is 18.9. The molecule has 0 amide bonds. The van der Waals surface area contributed by atoms with Crippen LogP contribution in [0.15, 0.2) is 42.5 Å². The molecule has 1 saturated heterocycles. The lowest BCUT2D eigenvalue weighted by molar-refractivity contribution is -0.262. The van der Waals surface area contributed by atoms with Crippen molar-refractivity contribution < 1.29 is 72.1 Å². The highest BCUT2D eigenvalue weighted by Crippen LogP contribution is 2.45. The summed E-state index contributed by atoms with van der Waals surface area (Å²) in [5.41, 5.74) is -5.11. The maximum atomic E-state index is 14.5. The summed E-state index contributed by atoms with van der Waals surface area (Å²) in [7, 11) is 2.45. The normalized spacial score (nSPS) is 21.2. The average Bonchev–Trinajstić information content (AvgIpc) is 3.27. The number of hydrogen-bond acceptors (Lipinski definition) is 14. The van der Waals surface area contributed by atoms with E-state index in [0.717, 1.165) is 7.11 Å². The van der Waals surface area contributed by atoms with E-state index in [9.17, 15) is 28.8 Å². The van der Waals surface area contributed by atoms with Gasteiger partial charge in [0, 0.05) is 23.0 Å². The molecule has 0 radical (unpaired) electrons. The van der Waals surface area contributed by atoms with E-state index in [2.05, 4.69) is 0 Å². The number of ketones is 1. The molecule has 2 unspecified atom stereocenters. The maximum absolute atomic E-state index is 14.5. The van der Waals surface area contributed by atoms with Crippen molar-refractivity contribution in [2.75, 3.05) is 27.4 Å². The Balaban J connectivity index is 2.49. The number of ether oxygens (including phenoxy) is 8. The molecule has 14 heteroatoms. The Labute approximate surface area is 353 Å². The van der Waals surface area contributed by atoms with Crippen LogP contribution in [0.25, 0.3) is 0 Å². The second-order valence-electron chi connectivity index (χ2n) is 17.3. The van der Waals surface area contributed by atoms with Crippen LogP contribution in [-0.4, -0.2) is 87.5 Å². The van der Waals surface area contributed by atoms with Crippen molar-refractivity contribution in [2.45, 2.75) is 126 Å². The minimum absolute atomic E-state index is 0.00730. The van der Waals surface area contributed by atoms with Gasteiger partial charge < -0.3 is 37.9 Å². The van der Waals surface area contributed by atoms with E-state index < -0.39 is 128 Å². The number of esters is 5. The highest BCUT2D eigenvalue weighted by atomic mass is 16.7. The molecular formula is C45H62O14. The van der Waals surface area contributed by atoms with Crippen LogP contribution in [0.3, 0.4) is 0 Å². The van der Waals surface area contributed by atoms with Crippen LogP contribution in [-0.2, 0) is 52.4 Å². The van der Waals surface area contributed by atoms with Gasteiger partial charge in [-0.3, -0.25) is 24.0 Å². The third kappa shape index (κ3) is 12.5. The Kier molecular flexibility index (Phi) is 13.5. The molecule has 2 aromatic carbocycles. The Morgan fingerprint density at radius 3 is 1.71 bits per heavy atom. The van der Waals surface area contributed by atoms with Gasteiger partial charge in [-0.1, -0.05) is 37.3 Å². The summed E-state index contributed by atoms with van der Waals surface area (Å²) < 4.78 is 79.3. The van der Waals surface area contributed by atoms with Gasteiger partial charge in [-0.15, -0.1) is 0 Å². The maximum Gasteiger partial charge on any atom is 0.343 e. The molecule has 14 nitrogen and oxygen atoms in total. The zero-order valence-corrected chi connectivity index (χ0v) is 36.0. The number of hydrogen-bond donors (Lipinski definition) is 0. The number of Topliss-reactive ketones (excluding diaryl/α,β-unsaturated/α-hetero) is 1. The predicted molar refractivity (Wildman–Crippen MR) is 216 cm³/mol. The topological polar surface area (TPSA) is 176 Å². The quantitative estimate of drug-likeness (QED) is 0.113. The van der Waals surface area contributed by atoms with Crippen LogP contribution in [0.4, 0.5) is 0 Å². The summed E-state index contributed by atoms with van der Waals surface area (Å²) in [5.74, 6) is -5.87. The molecule has 1 heterocycles. The Bertz CT molecular complexity index is 1950. The summed E-state index contributed by atoms with van der Waals surface area (Å²) in [6, 6.07) is 11.5. The van der Waals surface area contributed by atoms with Crippen LogP contribution < -0.4 is 9.47 Å². The SMILES string of the molecule is [2H]CC(C)(C)C(=O)OC[C@H]1OC(c2cc(C(=O)C(C)c3ccccc3)c(OCC(=O)OC)cc2OC)[C@H](OC(=O)C(C)(C)C[2H])[C@@H](OC(=O)C(C)(C)C[2H])[C@@H]1OC(=O)C(C)(C)C[2H]. The molecule has 59 heavy (non-hydrogen) atoms. The predicted octanol–water partition coefficient (Wildman–Crippen LogP) is 7.14. The van der Waals surface area contributed by atoms with Crippen molar-refractivity contribution in [1.82, 2.24) is 0 Å². The van der Waals surface area contributed by atoms with Gasteiger partial charge in [0.2, 0.25) is 0 Å². The van der Waals surface area contributed by atoms with Gasteiger partial charge >= 0.3 is 29.8 Å². The van der Waals surface area contributed by atoms with Crippen molar-refractivity contribution >= 4 is 35.6 Å². The monoisotopic (exact) mass is 830 g/mol. The van der Waals surface area contributed by atoms with Crippen molar-refractivity contribution in [2.24, 2.45) is 21.7 Å². The van der Waals surface area contributed by atoms with E-state index in [1.807, 2.05) is 0 Å². The summed E-state index contributed by atoms with van der Waals surface area (Å²) in [4.78, 5) is 82.1. The van der Waals surface area contributed by atoms with Gasteiger partial charge in [-0.25, -0.2) is 4.79 Å². The van der Waals surface area contributed by atoms with Crippen molar-refractivity contribution in [3.63, 3.8) is 0 Å². The van der Waals surface area contributed by atoms with Gasteiger partial charge in [0.05, 0.1) is 41.4 Å². The first kappa shape index (κ1) is 42.2.